The van der Waals surface area contributed by atoms with Crippen molar-refractivity contribution in [2.24, 2.45) is 0 Å². The lowest BCUT2D eigenvalue weighted by atomic mass is 10.0. The Balaban J connectivity index is 2.31. The Morgan fingerprint density at radius 3 is 2.68 bits per heavy atom. The van der Waals surface area contributed by atoms with E-state index in [1.807, 2.05) is 6.07 Å². The van der Waals surface area contributed by atoms with Crippen molar-refractivity contribution in [3.63, 3.8) is 0 Å². The minimum Gasteiger partial charge on any atom is -0.294 e. The van der Waals surface area contributed by atoms with Crippen LogP contribution in [0.1, 0.15) is 15.9 Å². The van der Waals surface area contributed by atoms with Crippen molar-refractivity contribution in [2.45, 2.75) is 6.42 Å². The summed E-state index contributed by atoms with van der Waals surface area (Å²) in [4.78, 5) is 12.2. The highest BCUT2D eigenvalue weighted by molar-refractivity contribution is 9.11. The predicted molar refractivity (Wildman–Crippen MR) is 81.3 cm³/mol. The van der Waals surface area contributed by atoms with Gasteiger partial charge in [0.1, 0.15) is 5.82 Å². The maximum atomic E-state index is 13.3. The molecule has 19 heavy (non-hydrogen) atoms. The van der Waals surface area contributed by atoms with Crippen LogP contribution in [0.25, 0.3) is 0 Å². The zero-order chi connectivity index (χ0) is 14.0. The van der Waals surface area contributed by atoms with E-state index in [-0.39, 0.29) is 17.2 Å². The minimum absolute atomic E-state index is 0.00182. The topological polar surface area (TPSA) is 17.1 Å². The zero-order valence-electron chi connectivity index (χ0n) is 9.59. The minimum atomic E-state index is -0.514. The van der Waals surface area contributed by atoms with Crippen molar-refractivity contribution in [2.75, 3.05) is 0 Å². The van der Waals surface area contributed by atoms with Gasteiger partial charge in [0, 0.05) is 20.9 Å². The molecule has 0 saturated heterocycles. The molecule has 0 fully saturated rings. The first-order valence-corrected chi connectivity index (χ1v) is 7.36. The highest BCUT2D eigenvalue weighted by atomic mass is 79.9. The van der Waals surface area contributed by atoms with E-state index in [1.54, 1.807) is 24.3 Å². The largest absolute Gasteiger partial charge is 0.294 e. The van der Waals surface area contributed by atoms with Gasteiger partial charge in [-0.25, -0.2) is 4.39 Å². The van der Waals surface area contributed by atoms with Gasteiger partial charge in [0.05, 0.1) is 5.02 Å². The molecule has 0 amide bonds. The molecule has 0 N–H and O–H groups in total. The van der Waals surface area contributed by atoms with E-state index >= 15 is 0 Å². The van der Waals surface area contributed by atoms with Gasteiger partial charge >= 0.3 is 0 Å². The Kier molecular flexibility index (Phi) is 4.76. The van der Waals surface area contributed by atoms with Gasteiger partial charge in [-0.05, 0) is 29.8 Å². The van der Waals surface area contributed by atoms with Crippen LogP contribution in [0.5, 0.6) is 0 Å². The van der Waals surface area contributed by atoms with Crippen molar-refractivity contribution in [1.29, 1.82) is 0 Å². The molecule has 2 rings (SSSR count). The van der Waals surface area contributed by atoms with Crippen LogP contribution in [0, 0.1) is 5.82 Å². The lowest BCUT2D eigenvalue weighted by Crippen LogP contribution is -2.05. The normalized spacial score (nSPS) is 10.5. The molecule has 0 aromatic heterocycles. The number of hydrogen-bond donors (Lipinski definition) is 0. The summed E-state index contributed by atoms with van der Waals surface area (Å²) in [6.45, 7) is 0. The molecule has 0 heterocycles. The molecule has 0 aliphatic rings. The van der Waals surface area contributed by atoms with Crippen molar-refractivity contribution < 1.29 is 9.18 Å². The van der Waals surface area contributed by atoms with Gasteiger partial charge in [0.15, 0.2) is 5.78 Å². The Morgan fingerprint density at radius 2 is 1.95 bits per heavy atom. The van der Waals surface area contributed by atoms with E-state index in [0.29, 0.717) is 15.6 Å². The predicted octanol–water partition coefficient (Wildman–Crippen LogP) is 5.43. The fourth-order valence-electron chi connectivity index (χ4n) is 1.66. The van der Waals surface area contributed by atoms with Crippen LogP contribution in [-0.2, 0) is 6.42 Å². The third kappa shape index (κ3) is 3.44. The Hall–Kier alpha value is -0.710. The second kappa shape index (κ2) is 6.16. The lowest BCUT2D eigenvalue weighted by Gasteiger charge is -2.07. The molecule has 5 heteroatoms. The van der Waals surface area contributed by atoms with E-state index in [4.69, 9.17) is 11.6 Å². The molecule has 0 aliphatic heterocycles. The second-order valence-electron chi connectivity index (χ2n) is 3.94. The summed E-state index contributed by atoms with van der Waals surface area (Å²) in [5, 5.41) is 0.00182. The lowest BCUT2D eigenvalue weighted by molar-refractivity contribution is 0.0992. The van der Waals surface area contributed by atoms with Gasteiger partial charge in [-0.2, -0.15) is 0 Å². The van der Waals surface area contributed by atoms with Crippen LogP contribution in [0.15, 0.2) is 45.3 Å². The quantitative estimate of drug-likeness (QED) is 0.621. The highest BCUT2D eigenvalue weighted by Gasteiger charge is 2.14. The second-order valence-corrected chi connectivity index (χ2v) is 6.09. The van der Waals surface area contributed by atoms with E-state index in [2.05, 4.69) is 31.9 Å². The van der Waals surface area contributed by atoms with Gasteiger partial charge < -0.3 is 0 Å². The fraction of sp³-hybridized carbons (Fsp3) is 0.0714. The SMILES string of the molecule is O=C(Cc1cccc(F)c1Cl)c1cc(Br)ccc1Br. The molecule has 0 aliphatic carbocycles. The Bertz CT molecular complexity index is 643. The maximum absolute atomic E-state index is 13.3. The van der Waals surface area contributed by atoms with Gasteiger partial charge in [-0.1, -0.05) is 55.6 Å². The van der Waals surface area contributed by atoms with Gasteiger partial charge in [0.25, 0.3) is 0 Å². The van der Waals surface area contributed by atoms with Crippen molar-refractivity contribution >= 4 is 49.2 Å². The van der Waals surface area contributed by atoms with Crippen LogP contribution < -0.4 is 0 Å². The molecular weight excluding hydrogens is 398 g/mol. The molecule has 0 bridgehead atoms. The van der Waals surface area contributed by atoms with E-state index in [9.17, 15) is 9.18 Å². The number of rotatable bonds is 3. The summed E-state index contributed by atoms with van der Waals surface area (Å²) < 4.78 is 14.8. The number of hydrogen-bond acceptors (Lipinski definition) is 1. The van der Waals surface area contributed by atoms with Crippen molar-refractivity contribution in [3.05, 3.63) is 67.3 Å². The third-order valence-electron chi connectivity index (χ3n) is 2.61. The molecule has 0 unspecified atom stereocenters. The Labute approximate surface area is 132 Å². The van der Waals surface area contributed by atoms with Crippen LogP contribution in [0.3, 0.4) is 0 Å². The monoisotopic (exact) mass is 404 g/mol. The number of benzene rings is 2. The summed E-state index contributed by atoms with van der Waals surface area (Å²) in [6.07, 6.45) is 0.0612. The molecular formula is C14H8Br2ClFO. The number of halogens is 4. The van der Waals surface area contributed by atoms with E-state index < -0.39 is 5.82 Å². The van der Waals surface area contributed by atoms with Gasteiger partial charge in [0.2, 0.25) is 0 Å². The maximum Gasteiger partial charge on any atom is 0.168 e. The number of Topliss-reactive ketones (excluding diaryl/α,β-unsaturated/α-hetero) is 1. The van der Waals surface area contributed by atoms with Crippen LogP contribution in [0.2, 0.25) is 5.02 Å². The molecule has 2 aromatic rings. The first-order valence-electron chi connectivity index (χ1n) is 5.40. The molecule has 0 atom stereocenters. The van der Waals surface area contributed by atoms with Gasteiger partial charge in [-0.15, -0.1) is 0 Å². The average molecular weight is 406 g/mol. The Morgan fingerprint density at radius 1 is 1.21 bits per heavy atom. The molecule has 0 radical (unpaired) electrons. The van der Waals surface area contributed by atoms with Crippen molar-refractivity contribution in [1.82, 2.24) is 0 Å². The van der Waals surface area contributed by atoms with Gasteiger partial charge in [-0.3, -0.25) is 4.79 Å². The van der Waals surface area contributed by atoms with Crippen LogP contribution >= 0.6 is 43.5 Å². The fourth-order valence-corrected chi connectivity index (χ4v) is 2.69. The summed E-state index contributed by atoms with van der Waals surface area (Å²) >= 11 is 12.5. The molecule has 0 spiro atoms. The highest BCUT2D eigenvalue weighted by Crippen LogP contribution is 2.25. The molecule has 2 aromatic carbocycles. The number of carbonyl (C=O) groups excluding carboxylic acids is 1. The first-order chi connectivity index (χ1) is 8.99. The summed E-state index contributed by atoms with van der Waals surface area (Å²) in [6, 6.07) is 9.79. The smallest absolute Gasteiger partial charge is 0.168 e. The van der Waals surface area contributed by atoms with Crippen molar-refractivity contribution in [3.8, 4) is 0 Å². The van der Waals surface area contributed by atoms with Crippen LogP contribution in [-0.4, -0.2) is 5.78 Å². The third-order valence-corrected chi connectivity index (χ3v) is 4.22. The summed E-state index contributed by atoms with van der Waals surface area (Å²) in [7, 11) is 0. The number of carbonyl (C=O) groups is 1. The molecule has 98 valence electrons. The standard InChI is InChI=1S/C14H8Br2ClFO/c15-9-4-5-11(16)10(7-9)13(19)6-8-2-1-3-12(18)14(8)17/h1-5,7H,6H2. The van der Waals surface area contributed by atoms with E-state index in [0.717, 1.165) is 4.47 Å². The number of ketones is 1. The first kappa shape index (κ1) is 14.7. The van der Waals surface area contributed by atoms with Crippen LogP contribution in [0.4, 0.5) is 4.39 Å². The molecule has 1 nitrogen and oxygen atoms in total. The summed E-state index contributed by atoms with van der Waals surface area (Å²) in [5.74, 6) is -0.638. The average Bonchev–Trinajstić information content (AvgIpc) is 2.38. The van der Waals surface area contributed by atoms with E-state index in [1.165, 1.54) is 6.07 Å². The summed E-state index contributed by atoms with van der Waals surface area (Å²) in [5.41, 5.74) is 1.02. The zero-order valence-corrected chi connectivity index (χ0v) is 13.5. The molecule has 0 saturated carbocycles.